The summed E-state index contributed by atoms with van der Waals surface area (Å²) in [4.78, 5) is 48.4. The first-order chi connectivity index (χ1) is 12.8. The van der Waals surface area contributed by atoms with E-state index >= 15 is 0 Å². The molecule has 0 unspecified atom stereocenters. The maximum Gasteiger partial charge on any atom is 0.308 e. The Morgan fingerprint density at radius 3 is 2.44 bits per heavy atom. The van der Waals surface area contributed by atoms with Crippen LogP contribution in [0.4, 0.5) is 0 Å². The number of nitrogens with zero attached hydrogens (tertiary/aromatic N) is 1. The van der Waals surface area contributed by atoms with E-state index in [1.165, 1.54) is 18.9 Å². The summed E-state index contributed by atoms with van der Waals surface area (Å²) in [5.74, 6) is -1.57. The third kappa shape index (κ3) is 7.47. The summed E-state index contributed by atoms with van der Waals surface area (Å²) in [5, 5.41) is 5.49. The number of nitrogens with one attached hydrogen (secondary N) is 2. The summed E-state index contributed by atoms with van der Waals surface area (Å²) in [6, 6.07) is 8.73. The minimum absolute atomic E-state index is 0.0780. The smallest absolute Gasteiger partial charge is 0.308 e. The molecule has 2 rings (SSSR count). The first-order valence-electron chi connectivity index (χ1n) is 8.86. The highest BCUT2D eigenvalue weighted by Crippen LogP contribution is 2.18. The lowest BCUT2D eigenvalue weighted by Gasteiger charge is -2.19. The van der Waals surface area contributed by atoms with Gasteiger partial charge in [0.2, 0.25) is 11.8 Å². The minimum Gasteiger partial charge on any atom is -0.455 e. The number of likely N-dealkylation sites (N-methyl/N-ethyl adjacent to an activating group) is 1. The van der Waals surface area contributed by atoms with Crippen molar-refractivity contribution in [3.05, 3.63) is 35.9 Å². The van der Waals surface area contributed by atoms with Gasteiger partial charge in [0, 0.05) is 20.0 Å². The Labute approximate surface area is 158 Å². The zero-order valence-corrected chi connectivity index (χ0v) is 15.6. The molecule has 3 amide bonds. The van der Waals surface area contributed by atoms with Crippen molar-refractivity contribution in [1.82, 2.24) is 15.5 Å². The van der Waals surface area contributed by atoms with Gasteiger partial charge < -0.3 is 20.3 Å². The molecule has 0 aromatic heterocycles. The zero-order chi connectivity index (χ0) is 19.8. The van der Waals surface area contributed by atoms with Crippen LogP contribution in [-0.2, 0) is 23.9 Å². The maximum atomic E-state index is 12.1. The number of carbonyl (C=O) groups is 4. The Bertz CT molecular complexity index is 688. The first-order valence-corrected chi connectivity index (χ1v) is 8.86. The van der Waals surface area contributed by atoms with Gasteiger partial charge in [0.15, 0.2) is 6.61 Å². The minimum atomic E-state index is -0.609. The van der Waals surface area contributed by atoms with Crippen molar-refractivity contribution in [3.8, 4) is 0 Å². The first kappa shape index (κ1) is 20.4. The molecule has 1 atom stereocenters. The maximum absolute atomic E-state index is 12.1. The highest BCUT2D eigenvalue weighted by atomic mass is 16.5. The van der Waals surface area contributed by atoms with Gasteiger partial charge >= 0.3 is 5.97 Å². The van der Waals surface area contributed by atoms with Gasteiger partial charge in [0.1, 0.15) is 0 Å². The molecule has 1 aliphatic rings. The number of esters is 1. The summed E-state index contributed by atoms with van der Waals surface area (Å²) in [6.07, 6.45) is 1.85. The van der Waals surface area contributed by atoms with E-state index in [-0.39, 0.29) is 30.8 Å². The van der Waals surface area contributed by atoms with E-state index < -0.39 is 24.5 Å². The number of carbonyl (C=O) groups excluding carboxylic acids is 4. The van der Waals surface area contributed by atoms with Gasteiger partial charge in [-0.2, -0.15) is 0 Å². The van der Waals surface area contributed by atoms with Gasteiger partial charge in [0.05, 0.1) is 19.0 Å². The molecule has 146 valence electrons. The molecular weight excluding hydrogens is 350 g/mol. The Kier molecular flexibility index (Phi) is 7.34. The van der Waals surface area contributed by atoms with Crippen LogP contribution in [0.1, 0.15) is 37.8 Å². The van der Waals surface area contributed by atoms with Gasteiger partial charge in [-0.15, -0.1) is 0 Å². The van der Waals surface area contributed by atoms with Gasteiger partial charge in [-0.25, -0.2) is 0 Å². The lowest BCUT2D eigenvalue weighted by Crippen LogP contribution is -2.40. The summed E-state index contributed by atoms with van der Waals surface area (Å²) < 4.78 is 5.02. The van der Waals surface area contributed by atoms with Crippen molar-refractivity contribution in [2.45, 2.75) is 38.3 Å². The molecule has 1 fully saturated rings. The molecule has 0 heterocycles. The second-order valence-electron chi connectivity index (χ2n) is 6.62. The molecule has 1 aliphatic carbocycles. The number of amides is 3. The predicted octanol–water partition coefficient (Wildman–Crippen LogP) is 0.534. The second kappa shape index (κ2) is 9.70. The van der Waals surface area contributed by atoms with Gasteiger partial charge in [-0.05, 0) is 18.4 Å². The Hall–Kier alpha value is -2.90. The number of benzene rings is 1. The lowest BCUT2D eigenvalue weighted by atomic mass is 10.0. The summed E-state index contributed by atoms with van der Waals surface area (Å²) in [6.45, 7) is 0.839. The van der Waals surface area contributed by atoms with Crippen LogP contribution in [0.2, 0.25) is 0 Å². The van der Waals surface area contributed by atoms with Crippen molar-refractivity contribution in [3.63, 3.8) is 0 Å². The Balaban J connectivity index is 1.79. The van der Waals surface area contributed by atoms with E-state index in [1.54, 1.807) is 24.3 Å². The summed E-state index contributed by atoms with van der Waals surface area (Å²) in [7, 11) is 1.48. The molecule has 8 nitrogen and oxygen atoms in total. The van der Waals surface area contributed by atoms with E-state index in [0.717, 1.165) is 18.4 Å². The monoisotopic (exact) mass is 375 g/mol. The standard InChI is InChI=1S/C19H25N3O5/c1-13(23)20-16(14-6-4-3-5-7-14)10-19(26)27-12-18(25)22(2)11-17(24)21-15-8-9-15/h3-7,15-16H,8-12H2,1-2H3,(H,20,23)(H,21,24)/t16-/m1/s1. The third-order valence-electron chi connectivity index (χ3n) is 4.06. The molecule has 8 heteroatoms. The highest BCUT2D eigenvalue weighted by Gasteiger charge is 2.25. The second-order valence-corrected chi connectivity index (χ2v) is 6.62. The molecule has 1 aromatic carbocycles. The van der Waals surface area contributed by atoms with E-state index in [0.29, 0.717) is 0 Å². The largest absolute Gasteiger partial charge is 0.455 e. The highest BCUT2D eigenvalue weighted by molar-refractivity contribution is 5.86. The van der Waals surface area contributed by atoms with E-state index in [4.69, 9.17) is 4.74 Å². The molecule has 2 N–H and O–H groups in total. The molecule has 1 aromatic rings. The quantitative estimate of drug-likeness (QED) is 0.613. The number of hydrogen-bond acceptors (Lipinski definition) is 5. The fourth-order valence-electron chi connectivity index (χ4n) is 2.47. The van der Waals surface area contributed by atoms with Gasteiger partial charge in [0.25, 0.3) is 5.91 Å². The average Bonchev–Trinajstić information content (AvgIpc) is 3.43. The summed E-state index contributed by atoms with van der Waals surface area (Å²) >= 11 is 0. The number of hydrogen-bond donors (Lipinski definition) is 2. The Morgan fingerprint density at radius 2 is 1.85 bits per heavy atom. The fourth-order valence-corrected chi connectivity index (χ4v) is 2.47. The summed E-state index contributed by atoms with van der Waals surface area (Å²) in [5.41, 5.74) is 0.768. The average molecular weight is 375 g/mol. The van der Waals surface area contributed by atoms with Crippen molar-refractivity contribution in [2.75, 3.05) is 20.2 Å². The molecule has 0 aliphatic heterocycles. The van der Waals surface area contributed by atoms with Crippen molar-refractivity contribution in [2.24, 2.45) is 0 Å². The fraction of sp³-hybridized carbons (Fsp3) is 0.474. The molecule has 1 saturated carbocycles. The van der Waals surface area contributed by atoms with Crippen LogP contribution in [0, 0.1) is 0 Å². The van der Waals surface area contributed by atoms with Crippen molar-refractivity contribution in [1.29, 1.82) is 0 Å². The topological polar surface area (TPSA) is 105 Å². The number of ether oxygens (including phenoxy) is 1. The van der Waals surface area contributed by atoms with Crippen LogP contribution >= 0.6 is 0 Å². The SMILES string of the molecule is CC(=O)N[C@H](CC(=O)OCC(=O)N(C)CC(=O)NC1CC1)c1ccccc1. The molecular formula is C19H25N3O5. The normalized spacial score (nSPS) is 14.0. The van der Waals surface area contributed by atoms with Crippen LogP contribution in [0.5, 0.6) is 0 Å². The van der Waals surface area contributed by atoms with Crippen LogP contribution in [0.25, 0.3) is 0 Å². The molecule has 0 radical (unpaired) electrons. The van der Waals surface area contributed by atoms with Gasteiger partial charge in [-0.1, -0.05) is 30.3 Å². The molecule has 27 heavy (non-hydrogen) atoms. The predicted molar refractivity (Wildman–Crippen MR) is 97.4 cm³/mol. The zero-order valence-electron chi connectivity index (χ0n) is 15.6. The van der Waals surface area contributed by atoms with Crippen LogP contribution in [0.15, 0.2) is 30.3 Å². The molecule has 0 spiro atoms. The van der Waals surface area contributed by atoms with Crippen molar-refractivity contribution >= 4 is 23.7 Å². The molecule has 0 bridgehead atoms. The van der Waals surface area contributed by atoms with Crippen LogP contribution in [-0.4, -0.2) is 54.8 Å². The van der Waals surface area contributed by atoms with Crippen LogP contribution < -0.4 is 10.6 Å². The van der Waals surface area contributed by atoms with E-state index in [9.17, 15) is 19.2 Å². The van der Waals surface area contributed by atoms with E-state index in [2.05, 4.69) is 10.6 Å². The number of rotatable bonds is 9. The van der Waals surface area contributed by atoms with Crippen molar-refractivity contribution < 1.29 is 23.9 Å². The van der Waals surface area contributed by atoms with E-state index in [1.807, 2.05) is 6.07 Å². The van der Waals surface area contributed by atoms with Crippen LogP contribution in [0.3, 0.4) is 0 Å². The Morgan fingerprint density at radius 1 is 1.19 bits per heavy atom. The third-order valence-corrected chi connectivity index (χ3v) is 4.06. The molecule has 0 saturated heterocycles. The lowest BCUT2D eigenvalue weighted by molar-refractivity contribution is -0.152. The van der Waals surface area contributed by atoms with Gasteiger partial charge in [-0.3, -0.25) is 19.2 Å².